The lowest BCUT2D eigenvalue weighted by molar-refractivity contribution is 0.563. The van der Waals surface area contributed by atoms with E-state index in [9.17, 15) is 4.79 Å². The van der Waals surface area contributed by atoms with Crippen molar-refractivity contribution in [2.45, 2.75) is 0 Å². The summed E-state index contributed by atoms with van der Waals surface area (Å²) in [4.78, 5) is 16.2. The van der Waals surface area contributed by atoms with E-state index in [1.165, 1.54) is 6.33 Å². The number of aromatic nitrogens is 4. The van der Waals surface area contributed by atoms with Crippen LogP contribution >= 0.6 is 0 Å². The van der Waals surface area contributed by atoms with Crippen molar-refractivity contribution < 1.29 is 4.42 Å². The zero-order valence-corrected chi connectivity index (χ0v) is 10.2. The van der Waals surface area contributed by atoms with Crippen LogP contribution in [0.25, 0.3) is 28.0 Å². The van der Waals surface area contributed by atoms with Gasteiger partial charge in [-0.05, 0) is 18.2 Å². The first kappa shape index (κ1) is 10.9. The van der Waals surface area contributed by atoms with E-state index in [2.05, 4.69) is 15.2 Å². The summed E-state index contributed by atoms with van der Waals surface area (Å²) < 4.78 is 7.00. The average Bonchev–Trinajstić information content (AvgIpc) is 2.95. The Bertz CT molecular complexity index is 987. The van der Waals surface area contributed by atoms with Crippen LogP contribution in [0.3, 0.4) is 0 Å². The molecule has 0 saturated heterocycles. The maximum absolute atomic E-state index is 12.2. The van der Waals surface area contributed by atoms with Gasteiger partial charge in [0.25, 0.3) is 5.78 Å². The Hall–Kier alpha value is -3.02. The third-order valence-corrected chi connectivity index (χ3v) is 3.13. The van der Waals surface area contributed by atoms with Crippen LogP contribution in [0, 0.1) is 0 Å². The predicted molar refractivity (Wildman–Crippen MR) is 72.3 cm³/mol. The van der Waals surface area contributed by atoms with Crippen molar-refractivity contribution in [3.8, 4) is 11.3 Å². The smallest absolute Gasteiger partial charge is 0.345 e. The van der Waals surface area contributed by atoms with Gasteiger partial charge >= 0.3 is 5.63 Å². The third kappa shape index (κ3) is 1.51. The molecule has 4 aromatic rings. The minimum Gasteiger partial charge on any atom is -0.422 e. The van der Waals surface area contributed by atoms with E-state index in [4.69, 9.17) is 4.42 Å². The number of hydrogen-bond acceptors (Lipinski definition) is 5. The van der Waals surface area contributed by atoms with Crippen molar-refractivity contribution in [2.24, 2.45) is 0 Å². The largest absolute Gasteiger partial charge is 0.422 e. The third-order valence-electron chi connectivity index (χ3n) is 3.13. The normalized spacial score (nSPS) is 11.2. The average molecular weight is 264 g/mol. The summed E-state index contributed by atoms with van der Waals surface area (Å²) in [7, 11) is 0. The zero-order valence-electron chi connectivity index (χ0n) is 10.2. The van der Waals surface area contributed by atoms with Gasteiger partial charge in [0.15, 0.2) is 0 Å². The zero-order chi connectivity index (χ0) is 13.5. The number of rotatable bonds is 1. The fourth-order valence-corrected chi connectivity index (χ4v) is 2.20. The molecule has 0 fully saturated rings. The molecule has 1 aromatic carbocycles. The van der Waals surface area contributed by atoms with Crippen molar-refractivity contribution in [3.63, 3.8) is 0 Å². The van der Waals surface area contributed by atoms with E-state index in [1.807, 2.05) is 18.2 Å². The lowest BCUT2D eigenvalue weighted by Gasteiger charge is -2.04. The molecule has 3 aromatic heterocycles. The monoisotopic (exact) mass is 264 g/mol. The highest BCUT2D eigenvalue weighted by molar-refractivity contribution is 5.81. The Morgan fingerprint density at radius 2 is 2.05 bits per heavy atom. The Morgan fingerprint density at radius 3 is 3.00 bits per heavy atom. The molecule has 6 nitrogen and oxygen atoms in total. The van der Waals surface area contributed by atoms with E-state index in [-0.39, 0.29) is 0 Å². The molecule has 4 rings (SSSR count). The fraction of sp³-hybridized carbons (Fsp3) is 0. The number of hydrogen-bond donors (Lipinski definition) is 0. The molecule has 0 aliphatic rings. The maximum Gasteiger partial charge on any atom is 0.345 e. The van der Waals surface area contributed by atoms with Crippen LogP contribution in [0.4, 0.5) is 0 Å². The summed E-state index contributed by atoms with van der Waals surface area (Å²) in [6.07, 6.45) is 3.11. The van der Waals surface area contributed by atoms with Crippen molar-refractivity contribution in [2.75, 3.05) is 0 Å². The van der Waals surface area contributed by atoms with Gasteiger partial charge in [0, 0.05) is 11.6 Å². The lowest BCUT2D eigenvalue weighted by Crippen LogP contribution is -2.06. The summed E-state index contributed by atoms with van der Waals surface area (Å²) in [6, 6.07) is 10.9. The molecule has 0 amide bonds. The van der Waals surface area contributed by atoms with E-state index >= 15 is 0 Å². The molecular weight excluding hydrogens is 256 g/mol. The standard InChI is InChI=1S/C14H8N4O2/c19-13-10(7-9-3-1-2-4-12(9)20-13)11-5-6-15-14-17-16-8-18(11)14/h1-8H. The van der Waals surface area contributed by atoms with Gasteiger partial charge < -0.3 is 4.42 Å². The van der Waals surface area contributed by atoms with Crippen LogP contribution in [0.2, 0.25) is 0 Å². The molecule has 0 atom stereocenters. The van der Waals surface area contributed by atoms with Gasteiger partial charge in [-0.25, -0.2) is 9.78 Å². The van der Waals surface area contributed by atoms with Crippen LogP contribution in [-0.4, -0.2) is 19.6 Å². The molecule has 0 bridgehead atoms. The van der Waals surface area contributed by atoms with Crippen LogP contribution in [0.5, 0.6) is 0 Å². The van der Waals surface area contributed by atoms with Gasteiger partial charge in [-0.1, -0.05) is 18.2 Å². The van der Waals surface area contributed by atoms with Gasteiger partial charge in [-0.15, -0.1) is 10.2 Å². The molecule has 0 unspecified atom stereocenters. The molecule has 0 spiro atoms. The molecule has 0 aliphatic carbocycles. The van der Waals surface area contributed by atoms with Crippen LogP contribution in [0.1, 0.15) is 0 Å². The summed E-state index contributed by atoms with van der Waals surface area (Å²) in [5.41, 5.74) is 1.27. The van der Waals surface area contributed by atoms with Gasteiger partial charge in [0.2, 0.25) is 0 Å². The molecule has 0 saturated carbocycles. The Balaban J connectivity index is 2.09. The van der Waals surface area contributed by atoms with Crippen molar-refractivity contribution in [3.05, 3.63) is 59.3 Å². The molecule has 20 heavy (non-hydrogen) atoms. The Morgan fingerprint density at radius 1 is 1.15 bits per heavy atom. The molecule has 96 valence electrons. The van der Waals surface area contributed by atoms with Crippen molar-refractivity contribution in [1.82, 2.24) is 19.6 Å². The summed E-state index contributed by atoms with van der Waals surface area (Å²) in [6.45, 7) is 0. The van der Waals surface area contributed by atoms with E-state index in [0.29, 0.717) is 22.6 Å². The predicted octanol–water partition coefficient (Wildman–Crippen LogP) is 1.90. The van der Waals surface area contributed by atoms with E-state index < -0.39 is 5.63 Å². The molecule has 3 heterocycles. The van der Waals surface area contributed by atoms with Crippen molar-refractivity contribution in [1.29, 1.82) is 0 Å². The summed E-state index contributed by atoms with van der Waals surface area (Å²) >= 11 is 0. The molecular formula is C14H8N4O2. The summed E-state index contributed by atoms with van der Waals surface area (Å²) in [5.74, 6) is 0.440. The van der Waals surface area contributed by atoms with Gasteiger partial charge in [-0.3, -0.25) is 4.40 Å². The highest BCUT2D eigenvalue weighted by Gasteiger charge is 2.11. The first-order chi connectivity index (χ1) is 9.83. The van der Waals surface area contributed by atoms with Gasteiger partial charge in [0.05, 0.1) is 11.3 Å². The van der Waals surface area contributed by atoms with Gasteiger partial charge in [-0.2, -0.15) is 0 Å². The minimum absolute atomic E-state index is 0.398. The van der Waals surface area contributed by atoms with E-state index in [1.54, 1.807) is 28.8 Å². The number of benzene rings is 1. The first-order valence-corrected chi connectivity index (χ1v) is 6.01. The molecule has 0 N–H and O–H groups in total. The van der Waals surface area contributed by atoms with Crippen molar-refractivity contribution >= 4 is 16.7 Å². The topological polar surface area (TPSA) is 73.3 Å². The number of fused-ring (bicyclic) bond motifs is 2. The second kappa shape index (κ2) is 3.99. The fourth-order valence-electron chi connectivity index (χ4n) is 2.20. The second-order valence-electron chi connectivity index (χ2n) is 4.32. The lowest BCUT2D eigenvalue weighted by atomic mass is 10.1. The van der Waals surface area contributed by atoms with E-state index in [0.717, 1.165) is 5.39 Å². The van der Waals surface area contributed by atoms with Crippen LogP contribution < -0.4 is 5.63 Å². The first-order valence-electron chi connectivity index (χ1n) is 6.01. The number of nitrogens with zero attached hydrogens (tertiary/aromatic N) is 4. The Kier molecular flexibility index (Phi) is 2.17. The SMILES string of the molecule is O=c1oc2ccccc2cc1-c1ccnc2nncn12. The van der Waals surface area contributed by atoms with Crippen LogP contribution in [-0.2, 0) is 0 Å². The second-order valence-corrected chi connectivity index (χ2v) is 4.32. The van der Waals surface area contributed by atoms with Crippen LogP contribution in [0.15, 0.2) is 58.1 Å². The molecule has 0 radical (unpaired) electrons. The minimum atomic E-state index is -0.398. The van der Waals surface area contributed by atoms with Gasteiger partial charge in [0.1, 0.15) is 11.9 Å². The molecule has 6 heteroatoms. The highest BCUT2D eigenvalue weighted by Crippen LogP contribution is 2.20. The molecule has 0 aliphatic heterocycles. The maximum atomic E-state index is 12.2. The summed E-state index contributed by atoms with van der Waals surface area (Å²) in [5, 5.41) is 8.52. The Labute approximate surface area is 112 Å². The highest BCUT2D eigenvalue weighted by atomic mass is 16.4. The quantitative estimate of drug-likeness (QED) is 0.491. The number of para-hydroxylation sites is 1.